The lowest BCUT2D eigenvalue weighted by molar-refractivity contribution is 0.171. The van der Waals surface area contributed by atoms with E-state index in [1.165, 1.54) is 0 Å². The van der Waals surface area contributed by atoms with Crippen molar-refractivity contribution in [1.82, 2.24) is 0 Å². The summed E-state index contributed by atoms with van der Waals surface area (Å²) in [5, 5.41) is 9.17. The van der Waals surface area contributed by atoms with Crippen LogP contribution in [0.15, 0.2) is 16.7 Å². The van der Waals surface area contributed by atoms with Crippen LogP contribution < -0.4 is 0 Å². The first kappa shape index (κ1) is 7.63. The molecule has 1 aromatic heterocycles. The Bertz CT molecular complexity index is 207. The zero-order chi connectivity index (χ0) is 7.56. The summed E-state index contributed by atoms with van der Waals surface area (Å²) in [6.07, 6.45) is 0.872. The van der Waals surface area contributed by atoms with Crippen molar-refractivity contribution in [2.24, 2.45) is 0 Å². The highest BCUT2D eigenvalue weighted by atomic mass is 35.5. The molecule has 0 aromatic carbocycles. The van der Waals surface area contributed by atoms with Crippen molar-refractivity contribution in [1.29, 1.82) is 0 Å². The van der Waals surface area contributed by atoms with E-state index in [1.54, 1.807) is 12.3 Å². The molecule has 0 bridgehead atoms. The van der Waals surface area contributed by atoms with Crippen molar-refractivity contribution >= 4 is 11.6 Å². The summed E-state index contributed by atoms with van der Waals surface area (Å²) in [7, 11) is 0. The van der Waals surface area contributed by atoms with E-state index >= 15 is 0 Å². The first-order chi connectivity index (χ1) is 4.75. The number of aryl methyl sites for hydroxylation is 1. The monoisotopic (exact) mass is 160 g/mol. The molecule has 0 aliphatic rings. The van der Waals surface area contributed by atoms with Crippen LogP contribution in [0.5, 0.6) is 0 Å². The van der Waals surface area contributed by atoms with E-state index in [-0.39, 0.29) is 5.88 Å². The average Bonchev–Trinajstić information content (AvgIpc) is 2.34. The number of hydrogen-bond acceptors (Lipinski definition) is 2. The predicted molar refractivity (Wildman–Crippen MR) is 39.1 cm³/mol. The van der Waals surface area contributed by atoms with Gasteiger partial charge in [0.05, 0.1) is 12.1 Å². The summed E-state index contributed by atoms with van der Waals surface area (Å²) >= 11 is 5.41. The minimum atomic E-state index is -0.670. The molecule has 1 atom stereocenters. The minimum absolute atomic E-state index is 0.175. The maximum Gasteiger partial charge on any atom is 0.136 e. The molecule has 1 unspecified atom stereocenters. The van der Waals surface area contributed by atoms with Gasteiger partial charge in [-0.05, 0) is 18.6 Å². The molecule has 0 aliphatic carbocycles. The van der Waals surface area contributed by atoms with Crippen LogP contribution in [0, 0.1) is 6.92 Å². The molecule has 1 rings (SSSR count). The Morgan fingerprint density at radius 2 is 2.50 bits per heavy atom. The molecule has 56 valence electrons. The highest BCUT2D eigenvalue weighted by molar-refractivity contribution is 6.18. The third kappa shape index (κ3) is 1.33. The largest absolute Gasteiger partial charge is 0.466 e. The Hall–Kier alpha value is -0.470. The quantitative estimate of drug-likeness (QED) is 0.670. The van der Waals surface area contributed by atoms with Gasteiger partial charge in [-0.15, -0.1) is 11.6 Å². The van der Waals surface area contributed by atoms with Gasteiger partial charge < -0.3 is 9.52 Å². The first-order valence-corrected chi connectivity index (χ1v) is 3.57. The summed E-state index contributed by atoms with van der Waals surface area (Å²) < 4.78 is 4.98. The second-order valence-corrected chi connectivity index (χ2v) is 2.45. The molecule has 1 aromatic rings. The standard InChI is InChI=1S/C7H9ClO2/c1-5-2-3-10-7(5)6(9)4-8/h2-3,6,9H,4H2,1H3. The second-order valence-electron chi connectivity index (χ2n) is 2.14. The van der Waals surface area contributed by atoms with E-state index in [0.29, 0.717) is 5.76 Å². The third-order valence-corrected chi connectivity index (χ3v) is 1.64. The lowest BCUT2D eigenvalue weighted by Crippen LogP contribution is -1.97. The van der Waals surface area contributed by atoms with Gasteiger partial charge >= 0.3 is 0 Å². The van der Waals surface area contributed by atoms with E-state index in [1.807, 2.05) is 6.92 Å². The van der Waals surface area contributed by atoms with E-state index in [2.05, 4.69) is 0 Å². The predicted octanol–water partition coefficient (Wildman–Crippen LogP) is 1.86. The van der Waals surface area contributed by atoms with Crippen LogP contribution in [0.4, 0.5) is 0 Å². The molecule has 0 saturated heterocycles. The molecule has 10 heavy (non-hydrogen) atoms. The van der Waals surface area contributed by atoms with Crippen LogP contribution in [0.25, 0.3) is 0 Å². The number of hydrogen-bond donors (Lipinski definition) is 1. The lowest BCUT2D eigenvalue weighted by atomic mass is 10.2. The molecule has 0 amide bonds. The Morgan fingerprint density at radius 1 is 1.80 bits per heavy atom. The maximum absolute atomic E-state index is 9.17. The SMILES string of the molecule is Cc1ccoc1C(O)CCl. The van der Waals surface area contributed by atoms with Gasteiger partial charge in [0.25, 0.3) is 0 Å². The molecule has 0 aliphatic heterocycles. The zero-order valence-electron chi connectivity index (χ0n) is 5.67. The van der Waals surface area contributed by atoms with Crippen LogP contribution in [-0.2, 0) is 0 Å². The minimum Gasteiger partial charge on any atom is -0.466 e. The zero-order valence-corrected chi connectivity index (χ0v) is 6.43. The van der Waals surface area contributed by atoms with Crippen molar-refractivity contribution < 1.29 is 9.52 Å². The number of furan rings is 1. The fourth-order valence-electron chi connectivity index (χ4n) is 0.796. The number of rotatable bonds is 2. The van der Waals surface area contributed by atoms with Gasteiger partial charge in [-0.2, -0.15) is 0 Å². The van der Waals surface area contributed by atoms with Crippen molar-refractivity contribution in [3.63, 3.8) is 0 Å². The topological polar surface area (TPSA) is 33.4 Å². The number of halogens is 1. The van der Waals surface area contributed by atoms with Gasteiger partial charge in [-0.25, -0.2) is 0 Å². The molecular weight excluding hydrogens is 152 g/mol. The maximum atomic E-state index is 9.17. The second kappa shape index (κ2) is 3.08. The van der Waals surface area contributed by atoms with E-state index in [0.717, 1.165) is 5.56 Å². The molecule has 2 nitrogen and oxygen atoms in total. The average molecular weight is 161 g/mol. The number of alkyl halides is 1. The van der Waals surface area contributed by atoms with Gasteiger partial charge in [0.15, 0.2) is 0 Å². The Labute approximate surface area is 64.4 Å². The molecule has 1 heterocycles. The summed E-state index contributed by atoms with van der Waals surface area (Å²) in [6, 6.07) is 1.80. The molecular formula is C7H9ClO2. The Kier molecular flexibility index (Phi) is 2.35. The van der Waals surface area contributed by atoms with Gasteiger partial charge in [-0.1, -0.05) is 0 Å². The fraction of sp³-hybridized carbons (Fsp3) is 0.429. The number of aliphatic hydroxyl groups excluding tert-OH is 1. The highest BCUT2D eigenvalue weighted by Gasteiger charge is 2.11. The summed E-state index contributed by atoms with van der Waals surface area (Å²) in [5.74, 6) is 0.740. The van der Waals surface area contributed by atoms with Gasteiger partial charge in [0.1, 0.15) is 11.9 Å². The molecule has 0 fully saturated rings. The van der Waals surface area contributed by atoms with Gasteiger partial charge in [0, 0.05) is 0 Å². The third-order valence-electron chi connectivity index (χ3n) is 1.35. The smallest absolute Gasteiger partial charge is 0.136 e. The van der Waals surface area contributed by atoms with E-state index < -0.39 is 6.10 Å². The van der Waals surface area contributed by atoms with Crippen molar-refractivity contribution in [2.75, 3.05) is 5.88 Å². The molecule has 1 N–H and O–H groups in total. The number of aliphatic hydroxyl groups is 1. The van der Waals surface area contributed by atoms with Crippen molar-refractivity contribution in [3.05, 3.63) is 23.7 Å². The highest BCUT2D eigenvalue weighted by Crippen LogP contribution is 2.18. The summed E-state index contributed by atoms with van der Waals surface area (Å²) in [4.78, 5) is 0. The summed E-state index contributed by atoms with van der Waals surface area (Å²) in [5.41, 5.74) is 0.938. The first-order valence-electron chi connectivity index (χ1n) is 3.03. The lowest BCUT2D eigenvalue weighted by Gasteiger charge is -2.02. The van der Waals surface area contributed by atoms with E-state index in [4.69, 9.17) is 16.0 Å². The fourth-order valence-corrected chi connectivity index (χ4v) is 0.936. The molecule has 0 saturated carbocycles. The van der Waals surface area contributed by atoms with Crippen LogP contribution in [0.3, 0.4) is 0 Å². The Morgan fingerprint density at radius 3 is 2.90 bits per heavy atom. The molecule has 0 spiro atoms. The van der Waals surface area contributed by atoms with E-state index in [9.17, 15) is 5.11 Å². The summed E-state index contributed by atoms with van der Waals surface area (Å²) in [6.45, 7) is 1.87. The molecule has 0 radical (unpaired) electrons. The van der Waals surface area contributed by atoms with Gasteiger partial charge in [0.2, 0.25) is 0 Å². The normalized spacial score (nSPS) is 13.5. The van der Waals surface area contributed by atoms with Crippen LogP contribution in [0.1, 0.15) is 17.4 Å². The van der Waals surface area contributed by atoms with Crippen LogP contribution in [0.2, 0.25) is 0 Å². The molecule has 3 heteroatoms. The van der Waals surface area contributed by atoms with Crippen LogP contribution >= 0.6 is 11.6 Å². The Balaban J connectivity index is 2.82. The van der Waals surface area contributed by atoms with Crippen molar-refractivity contribution in [3.8, 4) is 0 Å². The van der Waals surface area contributed by atoms with Gasteiger partial charge in [-0.3, -0.25) is 0 Å². The van der Waals surface area contributed by atoms with Crippen LogP contribution in [-0.4, -0.2) is 11.0 Å². The van der Waals surface area contributed by atoms with Crippen molar-refractivity contribution in [2.45, 2.75) is 13.0 Å².